The average molecular weight is 437 g/mol. The monoisotopic (exact) mass is 436 g/mol. The third kappa shape index (κ3) is 5.13. The first-order chi connectivity index (χ1) is 15.7. The minimum Gasteiger partial charge on any atom is -0.352 e. The van der Waals surface area contributed by atoms with Crippen LogP contribution in [0.1, 0.15) is 62.5 Å². The van der Waals surface area contributed by atoms with E-state index in [4.69, 9.17) is 9.78 Å². The molecule has 4 rings (SSSR count). The Bertz CT molecular complexity index is 899. The molecule has 0 spiro atoms. The van der Waals surface area contributed by atoms with E-state index in [1.807, 2.05) is 24.3 Å². The van der Waals surface area contributed by atoms with Crippen LogP contribution in [0.2, 0.25) is 0 Å². The molecule has 1 saturated heterocycles. The number of carbonyl (C=O) groups excluding carboxylic acids is 2. The molecule has 170 valence electrons. The highest BCUT2D eigenvalue weighted by atomic mass is 17.2. The zero-order valence-corrected chi connectivity index (χ0v) is 18.7. The van der Waals surface area contributed by atoms with Gasteiger partial charge in [0.15, 0.2) is 0 Å². The molecule has 0 saturated carbocycles. The Morgan fingerprint density at radius 3 is 2.41 bits per heavy atom. The Morgan fingerprint density at radius 2 is 1.72 bits per heavy atom. The first kappa shape index (κ1) is 22.3. The molecular formula is C26H32N2O4. The zero-order chi connectivity index (χ0) is 22.3. The highest BCUT2D eigenvalue weighted by molar-refractivity contribution is 5.79. The average Bonchev–Trinajstić information content (AvgIpc) is 2.94. The number of likely N-dealkylation sites (tertiary alicyclic amines) is 1. The molecule has 1 unspecified atom stereocenters. The number of amides is 2. The Kier molecular flexibility index (Phi) is 7.43. The van der Waals surface area contributed by atoms with Crippen molar-refractivity contribution in [2.45, 2.75) is 57.4 Å². The van der Waals surface area contributed by atoms with Gasteiger partial charge in [0.1, 0.15) is 6.61 Å². The van der Waals surface area contributed by atoms with Crippen molar-refractivity contribution in [2.24, 2.45) is 0 Å². The summed E-state index contributed by atoms with van der Waals surface area (Å²) in [4.78, 5) is 37.1. The van der Waals surface area contributed by atoms with Crippen LogP contribution in [0.5, 0.6) is 0 Å². The molecule has 1 heterocycles. The van der Waals surface area contributed by atoms with Crippen LogP contribution in [0.15, 0.2) is 48.5 Å². The first-order valence-corrected chi connectivity index (χ1v) is 11.7. The molecule has 1 atom stereocenters. The Morgan fingerprint density at radius 1 is 1.03 bits per heavy atom. The maximum absolute atomic E-state index is 12.7. The van der Waals surface area contributed by atoms with Gasteiger partial charge in [0.25, 0.3) is 0 Å². The van der Waals surface area contributed by atoms with Gasteiger partial charge < -0.3 is 10.2 Å². The van der Waals surface area contributed by atoms with Gasteiger partial charge in [-0.15, -0.1) is 0 Å². The van der Waals surface area contributed by atoms with Crippen molar-refractivity contribution in [3.63, 3.8) is 0 Å². The van der Waals surface area contributed by atoms with Crippen LogP contribution in [0, 0.1) is 0 Å². The Hall–Kier alpha value is -2.86. The number of fused-ring (bicyclic) bond motifs is 3. The van der Waals surface area contributed by atoms with Crippen LogP contribution in [0.25, 0.3) is 11.1 Å². The number of carbonyl (C=O) groups is 2. The second-order valence-electron chi connectivity index (χ2n) is 8.67. The van der Waals surface area contributed by atoms with Crippen LogP contribution in [0.4, 0.5) is 4.79 Å². The van der Waals surface area contributed by atoms with Crippen molar-refractivity contribution in [3.8, 4) is 11.1 Å². The lowest BCUT2D eigenvalue weighted by Crippen LogP contribution is -2.44. The van der Waals surface area contributed by atoms with E-state index in [-0.39, 0.29) is 24.5 Å². The molecule has 2 amide bonds. The van der Waals surface area contributed by atoms with E-state index in [2.05, 4.69) is 36.5 Å². The molecule has 2 aromatic carbocycles. The molecule has 1 N–H and O–H groups in total. The van der Waals surface area contributed by atoms with Gasteiger partial charge in [-0.05, 0) is 47.9 Å². The molecule has 6 nitrogen and oxygen atoms in total. The smallest absolute Gasteiger partial charge is 0.352 e. The number of nitrogens with zero attached hydrogens (tertiary/aromatic N) is 1. The third-order valence-electron chi connectivity index (χ3n) is 6.38. The summed E-state index contributed by atoms with van der Waals surface area (Å²) in [6.45, 7) is 3.40. The van der Waals surface area contributed by atoms with Gasteiger partial charge in [-0.2, -0.15) is 4.89 Å². The van der Waals surface area contributed by atoms with Crippen LogP contribution in [-0.2, 0) is 14.6 Å². The Balaban J connectivity index is 1.32. The molecule has 0 radical (unpaired) electrons. The second-order valence-corrected chi connectivity index (χ2v) is 8.67. The van der Waals surface area contributed by atoms with E-state index >= 15 is 0 Å². The zero-order valence-electron chi connectivity index (χ0n) is 18.7. The van der Waals surface area contributed by atoms with Crippen molar-refractivity contribution < 1.29 is 19.4 Å². The maximum atomic E-state index is 12.7. The number of nitrogens with one attached hydrogen (secondary N) is 1. The maximum Gasteiger partial charge on any atom is 0.441 e. The van der Waals surface area contributed by atoms with Gasteiger partial charge in [-0.25, -0.2) is 4.79 Å². The van der Waals surface area contributed by atoms with E-state index in [1.54, 1.807) is 4.90 Å². The van der Waals surface area contributed by atoms with Crippen molar-refractivity contribution in [1.82, 2.24) is 10.2 Å². The summed E-state index contributed by atoms with van der Waals surface area (Å²) in [6, 6.07) is 16.5. The van der Waals surface area contributed by atoms with Crippen molar-refractivity contribution in [2.75, 3.05) is 19.7 Å². The van der Waals surface area contributed by atoms with Gasteiger partial charge >= 0.3 is 6.09 Å². The van der Waals surface area contributed by atoms with Gasteiger partial charge in [0.2, 0.25) is 5.91 Å². The second kappa shape index (κ2) is 10.6. The van der Waals surface area contributed by atoms with Gasteiger partial charge in [-0.1, -0.05) is 61.9 Å². The summed E-state index contributed by atoms with van der Waals surface area (Å²) in [5.41, 5.74) is 4.79. The van der Waals surface area contributed by atoms with E-state index in [0.29, 0.717) is 19.5 Å². The molecule has 0 bridgehead atoms. The predicted molar refractivity (Wildman–Crippen MR) is 123 cm³/mol. The molecule has 6 heteroatoms. The van der Waals surface area contributed by atoms with Crippen LogP contribution in [0.3, 0.4) is 0 Å². The largest absolute Gasteiger partial charge is 0.441 e. The lowest BCUT2D eigenvalue weighted by Gasteiger charge is -2.24. The highest BCUT2D eigenvalue weighted by Crippen LogP contribution is 2.44. The molecular weight excluding hydrogens is 404 g/mol. The summed E-state index contributed by atoms with van der Waals surface area (Å²) < 4.78 is 0. The fourth-order valence-corrected chi connectivity index (χ4v) is 4.71. The molecule has 2 aromatic rings. The minimum atomic E-state index is -0.487. The lowest BCUT2D eigenvalue weighted by molar-refractivity contribution is -0.247. The minimum absolute atomic E-state index is 0.0323. The molecule has 32 heavy (non-hydrogen) atoms. The number of hydrogen-bond donors (Lipinski definition) is 1. The van der Waals surface area contributed by atoms with Crippen LogP contribution < -0.4 is 5.32 Å². The van der Waals surface area contributed by atoms with Crippen molar-refractivity contribution >= 4 is 12.0 Å². The number of benzene rings is 2. The fraction of sp³-hybridized carbons (Fsp3) is 0.462. The molecule has 0 aromatic heterocycles. The third-order valence-corrected chi connectivity index (χ3v) is 6.38. The Labute approximate surface area is 189 Å². The molecule has 1 aliphatic carbocycles. The lowest BCUT2D eigenvalue weighted by atomic mass is 9.98. The topological polar surface area (TPSA) is 67.9 Å². The van der Waals surface area contributed by atoms with E-state index in [1.165, 1.54) is 22.3 Å². The molecule has 1 fully saturated rings. The van der Waals surface area contributed by atoms with E-state index < -0.39 is 6.09 Å². The van der Waals surface area contributed by atoms with E-state index in [9.17, 15) is 9.59 Å². The van der Waals surface area contributed by atoms with Crippen molar-refractivity contribution in [1.29, 1.82) is 0 Å². The van der Waals surface area contributed by atoms with Gasteiger partial charge in [0.05, 0.1) is 0 Å². The summed E-state index contributed by atoms with van der Waals surface area (Å²) >= 11 is 0. The predicted octanol–water partition coefficient (Wildman–Crippen LogP) is 5.03. The van der Waals surface area contributed by atoms with E-state index in [0.717, 1.165) is 32.1 Å². The normalized spacial score (nSPS) is 17.9. The standard InChI is InChI=1S/C26H32N2O4/c1-2-3-15-25(29)27-19-10-8-9-16-28(17-19)26(30)32-31-18-24-22-13-6-4-11-20(22)21-12-5-7-14-23(21)24/h4-7,11-14,19,24H,2-3,8-10,15-18H2,1H3,(H,27,29). The van der Waals surface area contributed by atoms with Crippen LogP contribution >= 0.6 is 0 Å². The summed E-state index contributed by atoms with van der Waals surface area (Å²) in [6.07, 6.45) is 4.65. The number of rotatable bonds is 7. The van der Waals surface area contributed by atoms with Gasteiger partial charge in [-0.3, -0.25) is 9.68 Å². The fourth-order valence-electron chi connectivity index (χ4n) is 4.71. The first-order valence-electron chi connectivity index (χ1n) is 11.7. The molecule has 2 aliphatic rings. The number of unbranched alkanes of at least 4 members (excludes halogenated alkanes) is 1. The number of hydrogen-bond acceptors (Lipinski definition) is 4. The quantitative estimate of drug-likeness (QED) is 0.488. The SMILES string of the molecule is CCCCC(=O)NC1CCCCN(C(=O)OOCC2c3ccccc3-c3ccccc32)C1. The summed E-state index contributed by atoms with van der Waals surface area (Å²) in [5.74, 6) is 0.0896. The molecule has 1 aliphatic heterocycles. The van der Waals surface area contributed by atoms with Crippen molar-refractivity contribution in [3.05, 3.63) is 59.7 Å². The highest BCUT2D eigenvalue weighted by Gasteiger charge is 2.30. The van der Waals surface area contributed by atoms with Gasteiger partial charge in [0, 0.05) is 31.5 Å². The summed E-state index contributed by atoms with van der Waals surface area (Å²) in [7, 11) is 0. The van der Waals surface area contributed by atoms with Crippen LogP contribution in [-0.4, -0.2) is 42.6 Å². The summed E-state index contributed by atoms with van der Waals surface area (Å²) in [5, 5.41) is 3.07.